The number of hydrogen-bond donors (Lipinski definition) is 1. The molecule has 0 atom stereocenters. The van der Waals surface area contributed by atoms with Crippen molar-refractivity contribution in [1.82, 2.24) is 20.0 Å². The summed E-state index contributed by atoms with van der Waals surface area (Å²) in [6, 6.07) is 12.2. The number of piperidine rings is 1. The number of para-hydroxylation sites is 1. The summed E-state index contributed by atoms with van der Waals surface area (Å²) in [4.78, 5) is 17.0. The number of likely N-dealkylation sites (tertiary alicyclic amines) is 1. The Kier molecular flexibility index (Phi) is 5.21. The maximum atomic E-state index is 13.1. The zero-order valence-electron chi connectivity index (χ0n) is 16.0. The Labute approximate surface area is 175 Å². The fourth-order valence-electron chi connectivity index (χ4n) is 4.46. The Morgan fingerprint density at radius 3 is 2.61 bits per heavy atom. The first-order valence-corrected chi connectivity index (χ1v) is 10.5. The lowest BCUT2D eigenvalue weighted by molar-refractivity contribution is 0.0612. The van der Waals surface area contributed by atoms with Crippen LogP contribution in [0.4, 0.5) is 0 Å². The third-order valence-corrected chi connectivity index (χ3v) is 7.30. The molecule has 1 amide bonds. The van der Waals surface area contributed by atoms with Crippen LogP contribution in [0.15, 0.2) is 36.4 Å². The lowest BCUT2D eigenvalue weighted by Crippen LogP contribution is -2.43. The van der Waals surface area contributed by atoms with Gasteiger partial charge in [0.15, 0.2) is 0 Å². The second kappa shape index (κ2) is 7.50. The van der Waals surface area contributed by atoms with Gasteiger partial charge in [-0.2, -0.15) is 5.10 Å². The van der Waals surface area contributed by atoms with E-state index in [1.807, 2.05) is 52.9 Å². The number of carbonyl (C=O) groups excluding carboxylic acids is 1. The van der Waals surface area contributed by atoms with Gasteiger partial charge in [-0.3, -0.25) is 4.79 Å². The number of hydrogen-bond acceptors (Lipinski definition) is 4. The monoisotopic (exact) mass is 416 g/mol. The van der Waals surface area contributed by atoms with Crippen molar-refractivity contribution >= 4 is 39.9 Å². The molecule has 0 unspecified atom stereocenters. The predicted molar refractivity (Wildman–Crippen MR) is 116 cm³/mol. The minimum Gasteiger partial charge on any atom is -0.338 e. The van der Waals surface area contributed by atoms with Crippen LogP contribution >= 0.6 is 23.7 Å². The van der Waals surface area contributed by atoms with Crippen LogP contribution in [0, 0.1) is 12.3 Å². The largest absolute Gasteiger partial charge is 0.338 e. The summed E-state index contributed by atoms with van der Waals surface area (Å²) in [6.07, 6.45) is 3.49. The molecule has 0 saturated carbocycles. The first-order chi connectivity index (χ1) is 13.2. The summed E-state index contributed by atoms with van der Waals surface area (Å²) in [7, 11) is 0. The fraction of sp³-hybridized carbons (Fsp3) is 0.429. The topological polar surface area (TPSA) is 50.2 Å². The van der Waals surface area contributed by atoms with E-state index in [-0.39, 0.29) is 18.3 Å². The normalized spacial score (nSPS) is 18.5. The minimum absolute atomic E-state index is 0. The molecular formula is C21H25ClN4OS. The average Bonchev–Trinajstić information content (AvgIpc) is 3.40. The van der Waals surface area contributed by atoms with E-state index < -0.39 is 0 Å². The van der Waals surface area contributed by atoms with Gasteiger partial charge < -0.3 is 10.2 Å². The summed E-state index contributed by atoms with van der Waals surface area (Å²) in [5, 5.41) is 9.25. The number of nitrogens with zero attached hydrogens (tertiary/aromatic N) is 3. The lowest BCUT2D eigenvalue weighted by Gasteiger charge is -2.38. The number of halogens is 1. The molecule has 1 aromatic carbocycles. The number of nitrogens with one attached hydrogen (secondary N) is 1. The van der Waals surface area contributed by atoms with Gasteiger partial charge in [-0.15, -0.1) is 23.7 Å². The van der Waals surface area contributed by atoms with Crippen LogP contribution in [0.2, 0.25) is 0 Å². The number of benzene rings is 1. The molecule has 2 saturated heterocycles. The maximum Gasteiger partial charge on any atom is 0.264 e. The molecule has 2 aliphatic rings. The van der Waals surface area contributed by atoms with Crippen molar-refractivity contribution in [3.05, 3.63) is 47.0 Å². The minimum atomic E-state index is 0. The first kappa shape index (κ1) is 19.4. The molecular weight excluding hydrogens is 392 g/mol. The van der Waals surface area contributed by atoms with Crippen molar-refractivity contribution in [1.29, 1.82) is 0 Å². The van der Waals surface area contributed by atoms with Crippen molar-refractivity contribution in [3.8, 4) is 5.69 Å². The molecule has 28 heavy (non-hydrogen) atoms. The van der Waals surface area contributed by atoms with Gasteiger partial charge in [0.25, 0.3) is 5.91 Å². The molecule has 0 aliphatic carbocycles. The number of fused-ring (bicyclic) bond motifs is 1. The quantitative estimate of drug-likeness (QED) is 0.686. The Hall–Kier alpha value is -1.89. The van der Waals surface area contributed by atoms with Gasteiger partial charge in [0.1, 0.15) is 4.83 Å². The lowest BCUT2D eigenvalue weighted by atomic mass is 9.78. The molecule has 2 aliphatic heterocycles. The van der Waals surface area contributed by atoms with Crippen LogP contribution in [0.5, 0.6) is 0 Å². The van der Waals surface area contributed by atoms with Crippen LogP contribution in [0.25, 0.3) is 15.9 Å². The van der Waals surface area contributed by atoms with Crippen molar-refractivity contribution in [2.24, 2.45) is 5.41 Å². The molecule has 0 bridgehead atoms. The van der Waals surface area contributed by atoms with E-state index in [1.54, 1.807) is 11.3 Å². The number of aryl methyl sites for hydroxylation is 1. The van der Waals surface area contributed by atoms with Crippen LogP contribution in [0.3, 0.4) is 0 Å². The van der Waals surface area contributed by atoms with Crippen LogP contribution in [-0.2, 0) is 0 Å². The highest BCUT2D eigenvalue weighted by atomic mass is 35.5. The molecule has 5 nitrogen and oxygen atoms in total. The molecule has 0 radical (unpaired) electrons. The van der Waals surface area contributed by atoms with Gasteiger partial charge in [-0.05, 0) is 56.3 Å². The standard InChI is InChI=1S/C21H24N4OS.ClH/c1-15-17-13-18(27-20(17)25(23-15)16-5-3-2-4-6-16)19(26)24-11-8-21(9-12-24)7-10-22-14-21;/h2-6,13,22H,7-12,14H2,1H3;1H. The van der Waals surface area contributed by atoms with Crippen molar-refractivity contribution < 1.29 is 4.79 Å². The summed E-state index contributed by atoms with van der Waals surface area (Å²) in [5.41, 5.74) is 2.44. The number of carbonyl (C=O) groups is 1. The maximum absolute atomic E-state index is 13.1. The summed E-state index contributed by atoms with van der Waals surface area (Å²) < 4.78 is 1.96. The molecule has 2 fully saturated rings. The highest BCUT2D eigenvalue weighted by Gasteiger charge is 2.38. The third-order valence-electron chi connectivity index (χ3n) is 6.20. The molecule has 4 heterocycles. The Bertz CT molecular complexity index is 981. The third kappa shape index (κ3) is 3.23. The molecule has 2 aromatic heterocycles. The van der Waals surface area contributed by atoms with E-state index in [9.17, 15) is 4.79 Å². The van der Waals surface area contributed by atoms with E-state index in [2.05, 4.69) is 10.4 Å². The number of thiophene rings is 1. The smallest absolute Gasteiger partial charge is 0.264 e. The van der Waals surface area contributed by atoms with Gasteiger partial charge in [0.05, 0.1) is 16.3 Å². The van der Waals surface area contributed by atoms with Gasteiger partial charge in [0.2, 0.25) is 0 Å². The van der Waals surface area contributed by atoms with E-state index >= 15 is 0 Å². The SMILES string of the molecule is Cc1nn(-c2ccccc2)c2sc(C(=O)N3CCC4(CCNC4)CC3)cc12.Cl. The summed E-state index contributed by atoms with van der Waals surface area (Å²) >= 11 is 1.56. The molecule has 3 aromatic rings. The van der Waals surface area contributed by atoms with E-state index in [0.717, 1.165) is 65.5 Å². The van der Waals surface area contributed by atoms with E-state index in [0.29, 0.717) is 5.41 Å². The molecule has 5 rings (SSSR count). The molecule has 148 valence electrons. The number of amides is 1. The second-order valence-electron chi connectivity index (χ2n) is 7.88. The fourth-order valence-corrected chi connectivity index (χ4v) is 5.61. The highest BCUT2D eigenvalue weighted by molar-refractivity contribution is 7.20. The zero-order valence-corrected chi connectivity index (χ0v) is 17.6. The van der Waals surface area contributed by atoms with Crippen LogP contribution < -0.4 is 5.32 Å². The summed E-state index contributed by atoms with van der Waals surface area (Å²) in [5.74, 6) is 0.177. The molecule has 1 N–H and O–H groups in total. The number of aromatic nitrogens is 2. The molecule has 1 spiro atoms. The van der Waals surface area contributed by atoms with Crippen molar-refractivity contribution in [3.63, 3.8) is 0 Å². The zero-order chi connectivity index (χ0) is 18.4. The Morgan fingerprint density at radius 2 is 1.93 bits per heavy atom. The van der Waals surface area contributed by atoms with Crippen molar-refractivity contribution in [2.75, 3.05) is 26.2 Å². The first-order valence-electron chi connectivity index (χ1n) is 9.70. The van der Waals surface area contributed by atoms with Gasteiger partial charge in [-0.1, -0.05) is 18.2 Å². The van der Waals surface area contributed by atoms with Gasteiger partial charge >= 0.3 is 0 Å². The molecule has 7 heteroatoms. The van der Waals surface area contributed by atoms with Crippen LogP contribution in [-0.4, -0.2) is 46.8 Å². The predicted octanol–water partition coefficient (Wildman–Crippen LogP) is 4.03. The van der Waals surface area contributed by atoms with E-state index in [1.165, 1.54) is 6.42 Å². The van der Waals surface area contributed by atoms with Gasteiger partial charge in [0, 0.05) is 25.0 Å². The highest BCUT2D eigenvalue weighted by Crippen LogP contribution is 2.38. The summed E-state index contributed by atoms with van der Waals surface area (Å²) in [6.45, 7) is 6.00. The van der Waals surface area contributed by atoms with Crippen LogP contribution in [0.1, 0.15) is 34.6 Å². The van der Waals surface area contributed by atoms with Crippen molar-refractivity contribution in [2.45, 2.75) is 26.2 Å². The second-order valence-corrected chi connectivity index (χ2v) is 8.91. The Balaban J connectivity index is 0.00000192. The van der Waals surface area contributed by atoms with Gasteiger partial charge in [-0.25, -0.2) is 4.68 Å². The Morgan fingerprint density at radius 1 is 1.18 bits per heavy atom. The number of rotatable bonds is 2. The van der Waals surface area contributed by atoms with E-state index in [4.69, 9.17) is 0 Å². The average molecular weight is 417 g/mol.